The number of nitrogens with two attached hydrogens (primary N) is 1. The van der Waals surface area contributed by atoms with Gasteiger partial charge in [-0.15, -0.1) is 0 Å². The van der Waals surface area contributed by atoms with Crippen LogP contribution in [0.25, 0.3) is 0 Å². The molecule has 19 heavy (non-hydrogen) atoms. The molecule has 2 unspecified atom stereocenters. The molecule has 0 spiro atoms. The topological polar surface area (TPSA) is 62.3 Å². The van der Waals surface area contributed by atoms with E-state index >= 15 is 0 Å². The molecule has 2 atom stereocenters. The van der Waals surface area contributed by atoms with Crippen LogP contribution >= 0.6 is 0 Å². The zero-order valence-electron chi connectivity index (χ0n) is 12.1. The van der Waals surface area contributed by atoms with Crippen molar-refractivity contribution in [3.05, 3.63) is 0 Å². The summed E-state index contributed by atoms with van der Waals surface area (Å²) in [5.41, 5.74) is 5.62. The molecule has 1 aliphatic carbocycles. The molecule has 0 amide bonds. The van der Waals surface area contributed by atoms with E-state index in [-0.39, 0.29) is 0 Å². The molecule has 1 heterocycles. The molecule has 1 saturated carbocycles. The Labute approximate surface area is 116 Å². The van der Waals surface area contributed by atoms with E-state index in [2.05, 4.69) is 18.0 Å². The van der Waals surface area contributed by atoms with Crippen LogP contribution in [0.2, 0.25) is 0 Å². The molecule has 4 heteroatoms. The monoisotopic (exact) mass is 265 g/mol. The smallest absolute Gasteiger partial charge is 0.107 e. The molecule has 2 rings (SSSR count). The van der Waals surface area contributed by atoms with Gasteiger partial charge in [-0.2, -0.15) is 5.26 Å². The van der Waals surface area contributed by atoms with Crippen LogP contribution in [0, 0.1) is 23.2 Å². The zero-order chi connectivity index (χ0) is 13.7. The lowest BCUT2D eigenvalue weighted by Gasteiger charge is -2.29. The number of hydrogen-bond donors (Lipinski definition) is 1. The van der Waals surface area contributed by atoms with Crippen LogP contribution < -0.4 is 5.73 Å². The van der Waals surface area contributed by atoms with Gasteiger partial charge in [0, 0.05) is 19.8 Å². The van der Waals surface area contributed by atoms with Crippen molar-refractivity contribution >= 4 is 0 Å². The first kappa shape index (κ1) is 14.8. The summed E-state index contributed by atoms with van der Waals surface area (Å²) in [7, 11) is 2.19. The van der Waals surface area contributed by atoms with Crippen molar-refractivity contribution in [1.82, 2.24) is 4.90 Å². The molecule has 1 saturated heterocycles. The lowest BCUT2D eigenvalue weighted by molar-refractivity contribution is 0.0550. The third-order valence-electron chi connectivity index (χ3n) is 4.85. The van der Waals surface area contributed by atoms with Crippen LogP contribution in [0.15, 0.2) is 0 Å². The Hall–Kier alpha value is -0.630. The lowest BCUT2D eigenvalue weighted by atomic mass is 9.87. The first-order valence-corrected chi connectivity index (χ1v) is 7.60. The van der Waals surface area contributed by atoms with Crippen LogP contribution in [0.1, 0.15) is 38.5 Å². The first-order valence-electron chi connectivity index (χ1n) is 7.60. The van der Waals surface area contributed by atoms with E-state index in [1.165, 1.54) is 12.8 Å². The summed E-state index contributed by atoms with van der Waals surface area (Å²) < 4.78 is 5.39. The Morgan fingerprint density at radius 1 is 1.37 bits per heavy atom. The molecule has 4 nitrogen and oxygen atoms in total. The van der Waals surface area contributed by atoms with Crippen molar-refractivity contribution in [1.29, 1.82) is 5.26 Å². The normalized spacial score (nSPS) is 32.6. The van der Waals surface area contributed by atoms with Crippen molar-refractivity contribution < 1.29 is 4.74 Å². The molecule has 2 N–H and O–H groups in total. The second kappa shape index (κ2) is 6.69. The molecule has 0 aromatic heterocycles. The summed E-state index contributed by atoms with van der Waals surface area (Å²) in [6.07, 6.45) is 6.54. The fourth-order valence-electron chi connectivity index (χ4n) is 3.49. The summed E-state index contributed by atoms with van der Waals surface area (Å²) >= 11 is 0. The second-order valence-corrected chi connectivity index (χ2v) is 6.35. The summed E-state index contributed by atoms with van der Waals surface area (Å²) in [6, 6.07) is 2.34. The maximum absolute atomic E-state index is 9.22. The minimum absolute atomic E-state index is 0.384. The molecule has 0 aromatic carbocycles. The van der Waals surface area contributed by atoms with Gasteiger partial charge in [0.15, 0.2) is 0 Å². The van der Waals surface area contributed by atoms with Crippen LogP contribution in [0.4, 0.5) is 0 Å². The largest absolute Gasteiger partial charge is 0.381 e. The maximum Gasteiger partial charge on any atom is 0.107 e. The minimum atomic E-state index is -0.556. The number of rotatable bonds is 5. The van der Waals surface area contributed by atoms with Gasteiger partial charge >= 0.3 is 0 Å². The van der Waals surface area contributed by atoms with E-state index in [1.54, 1.807) is 0 Å². The molecule has 2 aliphatic rings. The van der Waals surface area contributed by atoms with E-state index < -0.39 is 5.54 Å². The van der Waals surface area contributed by atoms with Gasteiger partial charge in [0.1, 0.15) is 5.54 Å². The van der Waals surface area contributed by atoms with Gasteiger partial charge in [-0.3, -0.25) is 0 Å². The molecule has 0 bridgehead atoms. The van der Waals surface area contributed by atoms with Crippen molar-refractivity contribution in [3.8, 4) is 6.07 Å². The maximum atomic E-state index is 9.22. The molecular formula is C15H27N3O. The SMILES string of the molecule is CN(CCC1CCCC1(N)C#N)CC1CCOCC1. The van der Waals surface area contributed by atoms with E-state index in [1.807, 2.05) is 0 Å². The van der Waals surface area contributed by atoms with Crippen LogP contribution in [0.3, 0.4) is 0 Å². The quantitative estimate of drug-likeness (QED) is 0.822. The average molecular weight is 265 g/mol. The fraction of sp³-hybridized carbons (Fsp3) is 0.933. The number of ether oxygens (including phenoxy) is 1. The third kappa shape index (κ3) is 3.92. The highest BCUT2D eigenvalue weighted by atomic mass is 16.5. The predicted octanol–water partition coefficient (Wildman–Crippen LogP) is 1.76. The van der Waals surface area contributed by atoms with Crippen LogP contribution in [-0.4, -0.2) is 43.8 Å². The lowest BCUT2D eigenvalue weighted by Crippen LogP contribution is -2.43. The average Bonchev–Trinajstić information content (AvgIpc) is 2.80. The molecule has 108 valence electrons. The van der Waals surface area contributed by atoms with Crippen molar-refractivity contribution in [2.75, 3.05) is 33.4 Å². The molecule has 2 fully saturated rings. The van der Waals surface area contributed by atoms with Crippen LogP contribution in [-0.2, 0) is 4.74 Å². The number of nitriles is 1. The molecule has 0 radical (unpaired) electrons. The highest BCUT2D eigenvalue weighted by molar-refractivity contribution is 5.11. The zero-order valence-corrected chi connectivity index (χ0v) is 12.1. The Bertz CT molecular complexity index is 322. The van der Waals surface area contributed by atoms with Gasteiger partial charge in [-0.05, 0) is 57.5 Å². The Balaban J connectivity index is 1.71. The second-order valence-electron chi connectivity index (χ2n) is 6.35. The van der Waals surface area contributed by atoms with Crippen LogP contribution in [0.5, 0.6) is 0 Å². The standard InChI is InChI=1S/C15H27N3O/c1-18(11-13-5-9-19-10-6-13)8-4-14-3-2-7-15(14,17)12-16/h13-14H,2-11,17H2,1H3. The Morgan fingerprint density at radius 2 is 2.11 bits per heavy atom. The summed E-state index contributed by atoms with van der Waals surface area (Å²) in [5.74, 6) is 1.16. The van der Waals surface area contributed by atoms with Gasteiger partial charge in [-0.1, -0.05) is 6.42 Å². The van der Waals surface area contributed by atoms with E-state index in [9.17, 15) is 5.26 Å². The van der Waals surface area contributed by atoms with Gasteiger partial charge in [0.25, 0.3) is 0 Å². The highest BCUT2D eigenvalue weighted by Crippen LogP contribution is 2.35. The first-order chi connectivity index (χ1) is 9.14. The number of hydrogen-bond acceptors (Lipinski definition) is 4. The summed E-state index contributed by atoms with van der Waals surface area (Å²) in [4.78, 5) is 2.41. The van der Waals surface area contributed by atoms with Gasteiger partial charge < -0.3 is 15.4 Å². The summed E-state index contributed by atoms with van der Waals surface area (Å²) in [5, 5.41) is 9.22. The van der Waals surface area contributed by atoms with E-state index in [4.69, 9.17) is 10.5 Å². The third-order valence-corrected chi connectivity index (χ3v) is 4.85. The van der Waals surface area contributed by atoms with Gasteiger partial charge in [0.05, 0.1) is 6.07 Å². The molecule has 1 aliphatic heterocycles. The van der Waals surface area contributed by atoms with Gasteiger partial charge in [-0.25, -0.2) is 0 Å². The number of nitrogens with zero attached hydrogens (tertiary/aromatic N) is 2. The van der Waals surface area contributed by atoms with E-state index in [0.29, 0.717) is 5.92 Å². The molecule has 0 aromatic rings. The summed E-state index contributed by atoms with van der Waals surface area (Å²) in [6.45, 7) is 4.05. The van der Waals surface area contributed by atoms with Crippen molar-refractivity contribution in [2.45, 2.75) is 44.1 Å². The van der Waals surface area contributed by atoms with Crippen molar-refractivity contribution in [2.24, 2.45) is 17.6 Å². The minimum Gasteiger partial charge on any atom is -0.381 e. The fourth-order valence-corrected chi connectivity index (χ4v) is 3.49. The van der Waals surface area contributed by atoms with Gasteiger partial charge in [0.2, 0.25) is 0 Å². The highest BCUT2D eigenvalue weighted by Gasteiger charge is 2.39. The van der Waals surface area contributed by atoms with Crippen molar-refractivity contribution in [3.63, 3.8) is 0 Å². The molecular weight excluding hydrogens is 238 g/mol. The Kier molecular flexibility index (Phi) is 5.20. The Morgan fingerprint density at radius 3 is 2.79 bits per heavy atom. The van der Waals surface area contributed by atoms with E-state index in [0.717, 1.165) is 57.9 Å². The predicted molar refractivity (Wildman–Crippen MR) is 75.5 cm³/mol.